The normalized spacial score (nSPS) is 34.1. The summed E-state index contributed by atoms with van der Waals surface area (Å²) in [6, 6.07) is -7.15. The quantitative estimate of drug-likeness (QED) is 0.0237. The van der Waals surface area contributed by atoms with E-state index in [0.717, 1.165) is 104 Å². The third kappa shape index (κ3) is 35.7. The number of amides is 4. The number of carbonyl (C=O) groups excluding carboxylic acids is 4. The Morgan fingerprint density at radius 3 is 1.29 bits per heavy atom. The zero-order valence-electron chi connectivity index (χ0n) is 77.5. The molecule has 6 rings (SSSR count). The Kier molecular flexibility index (Phi) is 53.5. The van der Waals surface area contributed by atoms with Crippen LogP contribution in [0.5, 0.6) is 0 Å². The van der Waals surface area contributed by atoms with E-state index in [1.54, 1.807) is 6.08 Å². The molecule has 0 saturated carbocycles. The van der Waals surface area contributed by atoms with Gasteiger partial charge in [0.25, 0.3) is 11.6 Å². The van der Waals surface area contributed by atoms with Gasteiger partial charge >= 0.3 is 11.9 Å². The van der Waals surface area contributed by atoms with E-state index in [9.17, 15) is 136 Å². The van der Waals surface area contributed by atoms with Crippen LogP contribution >= 0.6 is 0 Å². The maximum absolute atomic E-state index is 14.4. The van der Waals surface area contributed by atoms with Crippen LogP contribution < -0.4 is 21.3 Å². The molecule has 12 unspecified atom stereocenters. The summed E-state index contributed by atoms with van der Waals surface area (Å²) in [4.78, 5) is 80.5. The third-order valence-electron chi connectivity index (χ3n) is 25.3. The summed E-state index contributed by atoms with van der Waals surface area (Å²) in [6.07, 6.45) is -22.8. The lowest BCUT2D eigenvalue weighted by Crippen LogP contribution is -2.73. The van der Waals surface area contributed by atoms with Gasteiger partial charge in [0.05, 0.1) is 82.7 Å². The van der Waals surface area contributed by atoms with Crippen molar-refractivity contribution < 1.29 is 193 Å². The number of rotatable bonds is 64. The molecular weight excluding hydrogens is 1760 g/mol. The number of aliphatic hydroxyl groups excluding tert-OH is 19. The molecule has 6 aliphatic heterocycles. The van der Waals surface area contributed by atoms with Gasteiger partial charge in [0, 0.05) is 40.0 Å². The van der Waals surface area contributed by atoms with Gasteiger partial charge in [0.2, 0.25) is 23.6 Å². The second-order valence-electron chi connectivity index (χ2n) is 36.0. The van der Waals surface area contributed by atoms with Crippen LogP contribution in [0.15, 0.2) is 24.3 Å². The fourth-order valence-corrected chi connectivity index (χ4v) is 17.7. The SMILES string of the molecule is CCCCCCCC/C=C\CCCCCCCCCCCCCC(=O)N[C@@H](CO[C@@H]1OC(CO)[C@@H](O[C@@H]2OC(CO)[C@H](O[C@@H]3OC(CO)[C@H](O)[C@H](O[C@@H]4OC(CO)[C@H](O)[C@H](O)C4O)C3NC(C)=O)[C@H](O[C@]3(C(=O)O)CC(O)[C@@H](NC(C)=O)C([C@H](O)[C@@H](CO)O[C@]4(C(=O)O)CC(O)[C@@H](NC(C)=O)C([C@H](O)[C@H](O)CO)O4)O3)C2O)[C@H](O)C1O)[C@H](O)/C=C/CCCCCCCCCCCCC. The van der Waals surface area contributed by atoms with Crippen molar-refractivity contribution in [2.45, 2.75) is 460 Å². The monoisotopic (exact) mass is 1920 g/mol. The zero-order valence-corrected chi connectivity index (χ0v) is 77.5. The lowest BCUT2D eigenvalue weighted by Gasteiger charge is -2.53. The first-order valence-electron chi connectivity index (χ1n) is 47.9. The zero-order chi connectivity index (χ0) is 98.1. The Bertz CT molecular complexity index is 3360. The second-order valence-corrected chi connectivity index (χ2v) is 36.0. The number of hydrogen-bond acceptors (Lipinski definition) is 37. The predicted octanol–water partition coefficient (Wildman–Crippen LogP) is -1.75. The number of carbonyl (C=O) groups is 6. The van der Waals surface area contributed by atoms with E-state index in [1.165, 1.54) is 109 Å². The molecule has 6 saturated heterocycles. The number of ether oxygens (including phenoxy) is 12. The number of unbranched alkanes of at least 4 members (excludes halogenated alkanes) is 28. The highest BCUT2D eigenvalue weighted by Gasteiger charge is 2.64. The first kappa shape index (κ1) is 117. The maximum atomic E-state index is 14.4. The molecule has 0 bridgehead atoms. The number of aliphatic hydroxyl groups is 19. The molecule has 0 spiro atoms. The Labute approximate surface area is 777 Å². The number of allylic oxidation sites excluding steroid dienone is 3. The van der Waals surface area contributed by atoms with Crippen LogP contribution in [0.4, 0.5) is 0 Å². The maximum Gasteiger partial charge on any atom is 0.364 e. The van der Waals surface area contributed by atoms with Gasteiger partial charge in [-0.3, -0.25) is 19.2 Å². The van der Waals surface area contributed by atoms with Gasteiger partial charge in [-0.2, -0.15) is 0 Å². The Morgan fingerprint density at radius 1 is 0.406 bits per heavy atom. The van der Waals surface area contributed by atoms with Crippen LogP contribution in [0.25, 0.3) is 0 Å². The molecular formula is C90H158N4O39. The second kappa shape index (κ2) is 60.9. The van der Waals surface area contributed by atoms with Crippen molar-refractivity contribution in [3.8, 4) is 0 Å². The molecule has 0 aliphatic carbocycles. The lowest BCUT2D eigenvalue weighted by atomic mass is 9.87. The van der Waals surface area contributed by atoms with E-state index in [0.29, 0.717) is 12.8 Å². The minimum atomic E-state index is -3.69. The number of carboxylic acids is 2. The first-order valence-corrected chi connectivity index (χ1v) is 47.9. The fraction of sp³-hybridized carbons (Fsp3) is 0.889. The van der Waals surface area contributed by atoms with Crippen molar-refractivity contribution in [3.05, 3.63) is 24.3 Å². The molecule has 772 valence electrons. The van der Waals surface area contributed by atoms with Crippen molar-refractivity contribution in [2.24, 2.45) is 0 Å². The average Bonchev–Trinajstić information content (AvgIpc) is 0.746. The molecule has 6 aliphatic rings. The summed E-state index contributed by atoms with van der Waals surface area (Å²) in [5.74, 6) is -15.0. The number of carboxylic acid groups (broad SMARTS) is 2. The molecule has 6 heterocycles. The molecule has 6 fully saturated rings. The van der Waals surface area contributed by atoms with Gasteiger partial charge in [-0.25, -0.2) is 9.59 Å². The van der Waals surface area contributed by atoms with E-state index >= 15 is 0 Å². The molecule has 0 aromatic carbocycles. The predicted molar refractivity (Wildman–Crippen MR) is 467 cm³/mol. The minimum absolute atomic E-state index is 0.0816. The Balaban J connectivity index is 1.29. The van der Waals surface area contributed by atoms with Crippen LogP contribution in [0.1, 0.15) is 253 Å². The summed E-state index contributed by atoms with van der Waals surface area (Å²) in [6.45, 7) is -0.979. The number of aliphatic carboxylic acids is 2. The molecule has 0 radical (unpaired) electrons. The summed E-state index contributed by atoms with van der Waals surface area (Å²) >= 11 is 0. The molecule has 34 atom stereocenters. The minimum Gasteiger partial charge on any atom is -0.477 e. The van der Waals surface area contributed by atoms with Crippen LogP contribution in [0.3, 0.4) is 0 Å². The smallest absolute Gasteiger partial charge is 0.364 e. The number of nitrogens with one attached hydrogen (secondary N) is 4. The highest BCUT2D eigenvalue weighted by atomic mass is 16.8. The molecule has 43 nitrogen and oxygen atoms in total. The van der Waals surface area contributed by atoms with Gasteiger partial charge < -0.3 is 185 Å². The van der Waals surface area contributed by atoms with Crippen LogP contribution in [-0.4, -0.2) is 396 Å². The van der Waals surface area contributed by atoms with Crippen LogP contribution in [0.2, 0.25) is 0 Å². The van der Waals surface area contributed by atoms with Gasteiger partial charge in [0.15, 0.2) is 25.2 Å². The summed E-state index contributed by atoms with van der Waals surface area (Å²) in [5, 5.41) is 248. The van der Waals surface area contributed by atoms with Gasteiger partial charge in [0.1, 0.15) is 134 Å². The molecule has 43 heteroatoms. The summed E-state index contributed by atoms with van der Waals surface area (Å²) < 4.78 is 72.3. The van der Waals surface area contributed by atoms with Crippen molar-refractivity contribution in [1.29, 1.82) is 0 Å². The number of hydrogen-bond donors (Lipinski definition) is 25. The van der Waals surface area contributed by atoms with Crippen molar-refractivity contribution in [2.75, 3.05) is 46.2 Å². The summed E-state index contributed by atoms with van der Waals surface area (Å²) in [7, 11) is 0. The topological polar surface area (TPSA) is 686 Å². The van der Waals surface area contributed by atoms with E-state index in [2.05, 4.69) is 47.3 Å². The average molecular weight is 1920 g/mol. The van der Waals surface area contributed by atoms with Crippen LogP contribution in [0, 0.1) is 0 Å². The van der Waals surface area contributed by atoms with E-state index in [-0.39, 0.29) is 6.42 Å². The van der Waals surface area contributed by atoms with Crippen LogP contribution in [-0.2, 0) is 85.6 Å². The van der Waals surface area contributed by atoms with Crippen molar-refractivity contribution in [3.63, 3.8) is 0 Å². The lowest BCUT2D eigenvalue weighted by molar-refractivity contribution is -0.404. The fourth-order valence-electron chi connectivity index (χ4n) is 17.7. The molecule has 0 aromatic rings. The first-order chi connectivity index (χ1) is 63.6. The molecule has 0 aromatic heterocycles. The standard InChI is InChI=1S/C90H158N4O39/c1-6-8-10-12-14-16-18-20-21-22-23-24-25-26-27-29-31-33-35-37-39-41-64(108)94-54(55(104)40-38-36-34-32-30-28-19-17-15-13-11-9-7-2)50-122-84-75(116)73(114)77(62(48-99)125-84)127-86-76(117)82(78(63(49-100)126-86)128-83-67(93-53(5)103)79(70(111)60(46-97)123-83)129-85-74(115)72(113)69(110)59(45-96)124-85)133-90(88(120)121)43-57(106)66(92-52(4)102)81(132-90)71(112)61(47-98)130-89(87(118)119)42-56(105)65(91-51(3)101)80(131-89)68(109)58(107)44-95/h20-21,38,40,54-63,65-86,95-100,104-107,109-117H,6-19,22-37,39,41-50H2,1-5H3,(H,91,101)(H,92,102)(H,93,103)(H,94,108)(H,118,119)(H,120,121)/b21-20-,40-38+/t54-,55+,56?,57?,58+,59?,60?,61+,62?,63?,65+,66+,67?,68+,69-,70-,71+,72-,73+,74?,75?,76?,77+,78-,79+,80?,81?,82+,83-,84+,85-,86-,89+,90-/m0/s1. The van der Waals surface area contributed by atoms with Gasteiger partial charge in [-0.05, 0) is 44.9 Å². The third-order valence-corrected chi connectivity index (χ3v) is 25.3. The van der Waals surface area contributed by atoms with Crippen molar-refractivity contribution >= 4 is 35.6 Å². The highest BCUT2D eigenvalue weighted by Crippen LogP contribution is 2.43. The van der Waals surface area contributed by atoms with E-state index in [1.807, 2.05) is 0 Å². The Hall–Kier alpha value is -4.94. The molecule has 133 heavy (non-hydrogen) atoms. The summed E-state index contributed by atoms with van der Waals surface area (Å²) in [5.41, 5.74) is 0. The van der Waals surface area contributed by atoms with E-state index < -0.39 is 302 Å². The molecule has 4 amide bonds. The van der Waals surface area contributed by atoms with E-state index in [4.69, 9.17) is 56.8 Å². The largest absolute Gasteiger partial charge is 0.477 e. The van der Waals surface area contributed by atoms with Gasteiger partial charge in [-0.1, -0.05) is 192 Å². The van der Waals surface area contributed by atoms with Crippen molar-refractivity contribution in [1.82, 2.24) is 21.3 Å². The van der Waals surface area contributed by atoms with Gasteiger partial charge in [-0.15, -0.1) is 0 Å². The molecule has 25 N–H and O–H groups in total. The highest BCUT2D eigenvalue weighted by molar-refractivity contribution is 5.78. The Morgan fingerprint density at radius 2 is 0.805 bits per heavy atom.